The molecule has 0 unspecified atom stereocenters. The highest BCUT2D eigenvalue weighted by atomic mass is 16.5. The first kappa shape index (κ1) is 13.0. The second kappa shape index (κ2) is 7.37. The van der Waals surface area contributed by atoms with E-state index in [1.807, 2.05) is 0 Å². The van der Waals surface area contributed by atoms with Crippen LogP contribution >= 0.6 is 0 Å². The summed E-state index contributed by atoms with van der Waals surface area (Å²) < 4.78 is 4.61. The van der Waals surface area contributed by atoms with Crippen molar-refractivity contribution in [3.8, 4) is 0 Å². The molecule has 0 heterocycles. The van der Waals surface area contributed by atoms with Gasteiger partial charge in [-0.2, -0.15) is 0 Å². The monoisotopic (exact) mass is 211 g/mol. The van der Waals surface area contributed by atoms with E-state index in [1.165, 1.54) is 24.3 Å². The van der Waals surface area contributed by atoms with Crippen LogP contribution in [0.1, 0.15) is 6.92 Å². The number of aliphatic hydroxyl groups excluding tert-OH is 1. The van der Waals surface area contributed by atoms with Crippen LogP contribution in [0.25, 0.3) is 0 Å². The van der Waals surface area contributed by atoms with E-state index in [4.69, 9.17) is 10.8 Å². The van der Waals surface area contributed by atoms with E-state index < -0.39 is 11.9 Å². The van der Waals surface area contributed by atoms with Gasteiger partial charge in [0.15, 0.2) is 0 Å². The zero-order valence-corrected chi connectivity index (χ0v) is 8.34. The molecule has 82 valence electrons. The summed E-state index contributed by atoms with van der Waals surface area (Å²) >= 11 is 0. The minimum atomic E-state index is -0.752. The Bertz CT molecular complexity index is 315. The molecule has 5 nitrogen and oxygen atoms in total. The minimum absolute atomic E-state index is 0.0523. The summed E-state index contributed by atoms with van der Waals surface area (Å²) in [5.74, 6) is -1.23. The Kier molecular flexibility index (Phi) is 6.37. The van der Waals surface area contributed by atoms with Crippen LogP contribution in [0, 0.1) is 0 Å². The first-order valence-corrected chi connectivity index (χ1v) is 4.27. The number of primary amides is 1. The molecule has 0 fully saturated rings. The highest BCUT2D eigenvalue weighted by Gasteiger charge is 1.97. The topological polar surface area (TPSA) is 89.6 Å². The maximum atomic E-state index is 10.8. The fourth-order valence-electron chi connectivity index (χ4n) is 0.673. The van der Waals surface area contributed by atoms with E-state index in [-0.39, 0.29) is 5.57 Å². The molecule has 0 aromatic heterocycles. The number of esters is 1. The number of carbonyl (C=O) groups excluding carboxylic acids is 2. The smallest absolute Gasteiger partial charge is 0.330 e. The van der Waals surface area contributed by atoms with Gasteiger partial charge in [0.05, 0.1) is 18.4 Å². The molecule has 0 saturated carbocycles. The van der Waals surface area contributed by atoms with E-state index in [0.29, 0.717) is 12.9 Å². The zero-order valence-electron chi connectivity index (χ0n) is 8.34. The van der Waals surface area contributed by atoms with Crippen LogP contribution in [0.15, 0.2) is 36.1 Å². The fourth-order valence-corrected chi connectivity index (χ4v) is 0.673. The molecule has 3 N–H and O–H groups in total. The van der Waals surface area contributed by atoms with Crippen LogP contribution in [0.5, 0.6) is 0 Å². The Labute approximate surface area is 87.5 Å². The van der Waals surface area contributed by atoms with E-state index in [2.05, 4.69) is 4.74 Å². The maximum Gasteiger partial charge on any atom is 0.330 e. The van der Waals surface area contributed by atoms with Gasteiger partial charge in [0.1, 0.15) is 0 Å². The molecule has 0 radical (unpaired) electrons. The van der Waals surface area contributed by atoms with Crippen LogP contribution < -0.4 is 5.73 Å². The van der Waals surface area contributed by atoms with Gasteiger partial charge >= 0.3 is 5.97 Å². The minimum Gasteiger partial charge on any atom is -0.515 e. The molecule has 0 aliphatic heterocycles. The van der Waals surface area contributed by atoms with Crippen molar-refractivity contribution in [2.45, 2.75) is 6.92 Å². The summed E-state index contributed by atoms with van der Waals surface area (Å²) in [4.78, 5) is 21.4. The molecule has 0 rings (SSSR count). The van der Waals surface area contributed by atoms with Crippen LogP contribution in [0.3, 0.4) is 0 Å². The maximum absolute atomic E-state index is 10.8. The Hall–Kier alpha value is -2.04. The van der Waals surface area contributed by atoms with Gasteiger partial charge in [0.2, 0.25) is 0 Å². The van der Waals surface area contributed by atoms with Crippen molar-refractivity contribution in [3.63, 3.8) is 0 Å². The predicted octanol–water partition coefficient (Wildman–Crippen LogP) is 0.589. The molecular weight excluding hydrogens is 198 g/mol. The second-order valence-electron chi connectivity index (χ2n) is 2.42. The second-order valence-corrected chi connectivity index (χ2v) is 2.42. The van der Waals surface area contributed by atoms with Crippen molar-refractivity contribution >= 4 is 11.9 Å². The number of carbonyl (C=O) groups is 2. The lowest BCUT2D eigenvalue weighted by Gasteiger charge is -1.93. The van der Waals surface area contributed by atoms with Crippen molar-refractivity contribution in [3.05, 3.63) is 36.1 Å². The molecule has 0 aromatic carbocycles. The lowest BCUT2D eigenvalue weighted by atomic mass is 10.2. The molecule has 0 aliphatic carbocycles. The van der Waals surface area contributed by atoms with E-state index in [1.54, 1.807) is 6.92 Å². The van der Waals surface area contributed by atoms with E-state index >= 15 is 0 Å². The third kappa shape index (κ3) is 6.09. The van der Waals surface area contributed by atoms with Crippen molar-refractivity contribution in [1.82, 2.24) is 0 Å². The van der Waals surface area contributed by atoms with Gasteiger partial charge in [-0.05, 0) is 13.0 Å². The quantitative estimate of drug-likeness (QED) is 0.301. The summed E-state index contributed by atoms with van der Waals surface area (Å²) in [6, 6.07) is 0. The van der Waals surface area contributed by atoms with Gasteiger partial charge in [0.25, 0.3) is 5.91 Å². The zero-order chi connectivity index (χ0) is 11.7. The third-order valence-corrected chi connectivity index (χ3v) is 1.33. The Morgan fingerprint density at radius 3 is 2.40 bits per heavy atom. The standard InChI is InChI=1S/C10H13NO4/c1-2-15-9(13)6-4-3-5-8(7-12)10(11)14/h3-7,12H,2H2,1H3,(H2,11,14)/b5-3+,6-4+,8-7-. The van der Waals surface area contributed by atoms with Crippen LogP contribution in [-0.4, -0.2) is 23.6 Å². The normalized spacial score (nSPS) is 12.2. The molecule has 1 amide bonds. The van der Waals surface area contributed by atoms with Gasteiger partial charge < -0.3 is 15.6 Å². The number of hydrogen-bond acceptors (Lipinski definition) is 4. The first-order chi connectivity index (χ1) is 7.11. The summed E-state index contributed by atoms with van der Waals surface area (Å²) in [7, 11) is 0. The molecule has 0 saturated heterocycles. The van der Waals surface area contributed by atoms with Crippen molar-refractivity contribution in [2.75, 3.05) is 6.61 Å². The Morgan fingerprint density at radius 1 is 1.33 bits per heavy atom. The molecule has 0 atom stereocenters. The van der Waals surface area contributed by atoms with Gasteiger partial charge in [-0.3, -0.25) is 4.79 Å². The van der Waals surface area contributed by atoms with Crippen molar-refractivity contribution < 1.29 is 19.4 Å². The number of hydrogen-bond donors (Lipinski definition) is 2. The highest BCUT2D eigenvalue weighted by molar-refractivity contribution is 5.94. The third-order valence-electron chi connectivity index (χ3n) is 1.33. The summed E-state index contributed by atoms with van der Waals surface area (Å²) in [5.41, 5.74) is 4.85. The molecule has 0 aliphatic rings. The average Bonchev–Trinajstić information content (AvgIpc) is 2.17. The molecule has 0 aromatic rings. The van der Waals surface area contributed by atoms with Crippen LogP contribution in [-0.2, 0) is 14.3 Å². The van der Waals surface area contributed by atoms with Gasteiger partial charge in [-0.1, -0.05) is 12.2 Å². The number of amides is 1. The molecule has 15 heavy (non-hydrogen) atoms. The van der Waals surface area contributed by atoms with Crippen LogP contribution in [0.2, 0.25) is 0 Å². The number of ether oxygens (including phenoxy) is 1. The summed E-state index contributed by atoms with van der Waals surface area (Å²) in [5, 5.41) is 8.56. The predicted molar refractivity (Wildman–Crippen MR) is 54.8 cm³/mol. The largest absolute Gasteiger partial charge is 0.515 e. The molecule has 0 spiro atoms. The average molecular weight is 211 g/mol. The van der Waals surface area contributed by atoms with Gasteiger partial charge in [-0.15, -0.1) is 0 Å². The number of rotatable bonds is 5. The molecule has 0 bridgehead atoms. The summed E-state index contributed by atoms with van der Waals surface area (Å²) in [6.45, 7) is 2.00. The van der Waals surface area contributed by atoms with Crippen molar-refractivity contribution in [2.24, 2.45) is 5.73 Å². The lowest BCUT2D eigenvalue weighted by Crippen LogP contribution is -2.12. The number of allylic oxidation sites excluding steroid dienone is 2. The Balaban J connectivity index is 4.20. The summed E-state index contributed by atoms with van der Waals surface area (Å²) in [6.07, 6.45) is 5.83. The van der Waals surface area contributed by atoms with E-state index in [9.17, 15) is 9.59 Å². The van der Waals surface area contributed by atoms with Crippen molar-refractivity contribution in [1.29, 1.82) is 0 Å². The lowest BCUT2D eigenvalue weighted by molar-refractivity contribution is -0.137. The van der Waals surface area contributed by atoms with Crippen LogP contribution in [0.4, 0.5) is 0 Å². The molecular formula is C10H13NO4. The number of nitrogens with two attached hydrogens (primary N) is 1. The van der Waals surface area contributed by atoms with E-state index in [0.717, 1.165) is 0 Å². The number of aliphatic hydroxyl groups is 1. The van der Waals surface area contributed by atoms with Gasteiger partial charge in [-0.25, -0.2) is 4.79 Å². The highest BCUT2D eigenvalue weighted by Crippen LogP contribution is 1.94. The van der Waals surface area contributed by atoms with Gasteiger partial charge in [0, 0.05) is 6.08 Å². The molecule has 5 heteroatoms. The Morgan fingerprint density at radius 2 is 1.93 bits per heavy atom. The first-order valence-electron chi connectivity index (χ1n) is 4.27. The fraction of sp³-hybridized carbons (Fsp3) is 0.200. The SMILES string of the molecule is CCOC(=O)/C=C/C=C/C(=C/O)C(N)=O.